The van der Waals surface area contributed by atoms with Crippen molar-refractivity contribution < 1.29 is 14.1 Å². The maximum Gasteiger partial charge on any atom is 0.324 e. The molecule has 0 spiro atoms. The molecule has 6 heteroatoms. The fourth-order valence-corrected chi connectivity index (χ4v) is 2.52. The first-order valence-corrected chi connectivity index (χ1v) is 9.24. The predicted octanol–water partition coefficient (Wildman–Crippen LogP) is 5.51. The average molecular weight is 389 g/mol. The quantitative estimate of drug-likeness (QED) is 0.445. The summed E-state index contributed by atoms with van der Waals surface area (Å²) in [5.74, 6) is 0.909. The number of urea groups is 1. The number of aromatic nitrogens is 1. The van der Waals surface area contributed by atoms with Crippen molar-refractivity contribution in [3.05, 3.63) is 83.6 Å². The molecule has 2 amide bonds. The summed E-state index contributed by atoms with van der Waals surface area (Å²) in [6, 6.07) is 17.5. The molecule has 2 aromatic carbocycles. The molecule has 6 nitrogen and oxygen atoms in total. The van der Waals surface area contributed by atoms with Crippen molar-refractivity contribution in [2.75, 3.05) is 10.6 Å². The molecule has 0 fully saturated rings. The lowest BCUT2D eigenvalue weighted by molar-refractivity contribution is 0.104. The Balaban J connectivity index is 1.57. The Morgan fingerprint density at radius 3 is 2.28 bits per heavy atom. The van der Waals surface area contributed by atoms with E-state index in [0.29, 0.717) is 22.8 Å². The zero-order valence-electron chi connectivity index (χ0n) is 16.6. The highest BCUT2D eigenvalue weighted by Crippen LogP contribution is 2.24. The van der Waals surface area contributed by atoms with Crippen LogP contribution in [0.15, 0.2) is 71.3 Å². The van der Waals surface area contributed by atoms with E-state index in [1.54, 1.807) is 36.4 Å². The Hall–Kier alpha value is -3.67. The first-order chi connectivity index (χ1) is 13.8. The highest BCUT2D eigenvalue weighted by molar-refractivity contribution is 6.07. The van der Waals surface area contributed by atoms with E-state index in [0.717, 1.165) is 5.56 Å². The van der Waals surface area contributed by atoms with Gasteiger partial charge >= 0.3 is 6.03 Å². The number of allylic oxidation sites excluding steroid dienone is 1. The van der Waals surface area contributed by atoms with Gasteiger partial charge in [-0.25, -0.2) is 4.79 Å². The summed E-state index contributed by atoms with van der Waals surface area (Å²) in [5.41, 5.74) is 1.86. The lowest BCUT2D eigenvalue weighted by Crippen LogP contribution is -2.19. The van der Waals surface area contributed by atoms with E-state index in [-0.39, 0.29) is 11.2 Å². The molecule has 0 aliphatic carbocycles. The number of carbonyl (C=O) groups is 2. The molecule has 2 N–H and O–H groups in total. The summed E-state index contributed by atoms with van der Waals surface area (Å²) in [5, 5.41) is 9.17. The summed E-state index contributed by atoms with van der Waals surface area (Å²) in [4.78, 5) is 24.4. The van der Waals surface area contributed by atoms with Gasteiger partial charge in [0.2, 0.25) is 0 Å². The van der Waals surface area contributed by atoms with E-state index in [1.165, 1.54) is 6.08 Å². The van der Waals surface area contributed by atoms with E-state index in [4.69, 9.17) is 4.52 Å². The van der Waals surface area contributed by atoms with Crippen LogP contribution in [0.4, 0.5) is 16.3 Å². The Morgan fingerprint density at radius 1 is 0.966 bits per heavy atom. The topological polar surface area (TPSA) is 84.2 Å². The number of benzene rings is 2. The van der Waals surface area contributed by atoms with Crippen molar-refractivity contribution in [2.45, 2.75) is 26.2 Å². The van der Waals surface area contributed by atoms with Gasteiger partial charge in [-0.2, -0.15) is 0 Å². The van der Waals surface area contributed by atoms with Crippen LogP contribution >= 0.6 is 0 Å². The third-order valence-electron chi connectivity index (χ3n) is 4.14. The van der Waals surface area contributed by atoms with Crippen molar-refractivity contribution in [2.24, 2.45) is 0 Å². The zero-order valence-corrected chi connectivity index (χ0v) is 16.6. The van der Waals surface area contributed by atoms with E-state index in [9.17, 15) is 9.59 Å². The number of carbonyl (C=O) groups excluding carboxylic acids is 2. The van der Waals surface area contributed by atoms with Gasteiger partial charge in [-0.15, -0.1) is 0 Å². The number of amides is 2. The molecule has 0 bridgehead atoms. The lowest BCUT2D eigenvalue weighted by atomic mass is 9.93. The van der Waals surface area contributed by atoms with E-state index in [1.807, 2.05) is 51.1 Å². The molecule has 3 aromatic rings. The van der Waals surface area contributed by atoms with Crippen LogP contribution in [0, 0.1) is 0 Å². The Morgan fingerprint density at radius 2 is 1.66 bits per heavy atom. The van der Waals surface area contributed by atoms with Crippen LogP contribution in [0.1, 0.15) is 42.5 Å². The SMILES string of the molecule is CC(C)(C)c1cc(NC(=O)Nc2ccc(C(=O)/C=C/c3ccccc3)cc2)no1. The van der Waals surface area contributed by atoms with E-state index < -0.39 is 6.03 Å². The van der Waals surface area contributed by atoms with Crippen LogP contribution in [0.2, 0.25) is 0 Å². The van der Waals surface area contributed by atoms with Crippen molar-refractivity contribution in [1.82, 2.24) is 5.16 Å². The Labute approximate surface area is 169 Å². The number of ketones is 1. The summed E-state index contributed by atoms with van der Waals surface area (Å²) < 4.78 is 5.24. The summed E-state index contributed by atoms with van der Waals surface area (Å²) >= 11 is 0. The van der Waals surface area contributed by atoms with Crippen molar-refractivity contribution in [1.29, 1.82) is 0 Å². The number of hydrogen-bond donors (Lipinski definition) is 2. The highest BCUT2D eigenvalue weighted by atomic mass is 16.5. The summed E-state index contributed by atoms with van der Waals surface area (Å²) in [6.45, 7) is 5.99. The zero-order chi connectivity index (χ0) is 20.9. The lowest BCUT2D eigenvalue weighted by Gasteiger charge is -2.12. The molecule has 0 aliphatic rings. The highest BCUT2D eigenvalue weighted by Gasteiger charge is 2.20. The molecule has 0 aliphatic heterocycles. The number of nitrogens with one attached hydrogen (secondary N) is 2. The van der Waals surface area contributed by atoms with Gasteiger partial charge in [-0.05, 0) is 35.9 Å². The molecule has 0 saturated heterocycles. The van der Waals surface area contributed by atoms with Gasteiger partial charge in [0, 0.05) is 22.7 Å². The summed E-state index contributed by atoms with van der Waals surface area (Å²) in [7, 11) is 0. The number of nitrogens with zero attached hydrogens (tertiary/aromatic N) is 1. The van der Waals surface area contributed by atoms with Gasteiger partial charge < -0.3 is 9.84 Å². The third kappa shape index (κ3) is 5.65. The van der Waals surface area contributed by atoms with Crippen molar-refractivity contribution in [3.63, 3.8) is 0 Å². The van der Waals surface area contributed by atoms with Gasteiger partial charge in [-0.1, -0.05) is 62.3 Å². The monoisotopic (exact) mass is 389 g/mol. The second-order valence-electron chi connectivity index (χ2n) is 7.59. The fourth-order valence-electron chi connectivity index (χ4n) is 2.52. The van der Waals surface area contributed by atoms with Crippen LogP contribution in [-0.4, -0.2) is 17.0 Å². The molecular formula is C23H23N3O3. The van der Waals surface area contributed by atoms with Gasteiger partial charge in [0.1, 0.15) is 5.76 Å². The maximum absolute atomic E-state index is 12.3. The minimum Gasteiger partial charge on any atom is -0.359 e. The molecule has 1 heterocycles. The standard InChI is InChI=1S/C23H23N3O3/c1-23(2,3)20-15-21(26-29-20)25-22(28)24-18-12-10-17(11-13-18)19(27)14-9-16-7-5-4-6-8-16/h4-15H,1-3H3,(H2,24,25,26,28)/b14-9+. The number of hydrogen-bond acceptors (Lipinski definition) is 4. The van der Waals surface area contributed by atoms with Crippen LogP contribution in [0.25, 0.3) is 6.08 Å². The minimum absolute atomic E-state index is 0.109. The Bertz CT molecular complexity index is 1010. The average Bonchev–Trinajstić information content (AvgIpc) is 3.16. The normalized spacial score (nSPS) is 11.4. The summed E-state index contributed by atoms with van der Waals surface area (Å²) in [6.07, 6.45) is 3.30. The molecule has 3 rings (SSSR count). The van der Waals surface area contributed by atoms with Crippen LogP contribution in [0.3, 0.4) is 0 Å². The van der Waals surface area contributed by atoms with Gasteiger partial charge in [0.05, 0.1) is 0 Å². The van der Waals surface area contributed by atoms with Crippen LogP contribution in [0.5, 0.6) is 0 Å². The molecule has 0 atom stereocenters. The molecule has 29 heavy (non-hydrogen) atoms. The van der Waals surface area contributed by atoms with Crippen molar-refractivity contribution >= 4 is 29.4 Å². The van der Waals surface area contributed by atoms with Gasteiger partial charge in [0.15, 0.2) is 11.6 Å². The van der Waals surface area contributed by atoms with Crippen molar-refractivity contribution in [3.8, 4) is 0 Å². The molecule has 0 saturated carbocycles. The Kier molecular flexibility index (Phi) is 5.93. The van der Waals surface area contributed by atoms with E-state index >= 15 is 0 Å². The van der Waals surface area contributed by atoms with Crippen LogP contribution in [-0.2, 0) is 5.41 Å². The smallest absolute Gasteiger partial charge is 0.324 e. The van der Waals surface area contributed by atoms with Gasteiger partial charge in [-0.3, -0.25) is 10.1 Å². The first-order valence-electron chi connectivity index (χ1n) is 9.24. The predicted molar refractivity (Wildman–Crippen MR) is 114 cm³/mol. The molecule has 0 unspecified atom stereocenters. The second kappa shape index (κ2) is 8.56. The maximum atomic E-state index is 12.3. The second-order valence-corrected chi connectivity index (χ2v) is 7.59. The minimum atomic E-state index is -0.443. The number of rotatable bonds is 5. The molecule has 0 radical (unpaired) electrons. The molecular weight excluding hydrogens is 366 g/mol. The molecule has 1 aromatic heterocycles. The van der Waals surface area contributed by atoms with Gasteiger partial charge in [0.25, 0.3) is 0 Å². The van der Waals surface area contributed by atoms with E-state index in [2.05, 4.69) is 15.8 Å². The fraction of sp³-hybridized carbons (Fsp3) is 0.174. The third-order valence-corrected chi connectivity index (χ3v) is 4.14. The molecule has 148 valence electrons. The largest absolute Gasteiger partial charge is 0.359 e. The first kappa shape index (κ1) is 20.1. The number of anilines is 2. The van der Waals surface area contributed by atoms with Crippen LogP contribution < -0.4 is 10.6 Å².